The summed E-state index contributed by atoms with van der Waals surface area (Å²) >= 11 is 6.49. The van der Waals surface area contributed by atoms with Crippen molar-refractivity contribution in [3.05, 3.63) is 53.2 Å². The maximum absolute atomic E-state index is 13.1. The summed E-state index contributed by atoms with van der Waals surface area (Å²) in [4.78, 5) is 17.2. The quantitative estimate of drug-likeness (QED) is 0.462. The molecule has 0 unspecified atom stereocenters. The number of halogens is 1. The summed E-state index contributed by atoms with van der Waals surface area (Å²) in [6, 6.07) is 5.59. The second-order valence-electron chi connectivity index (χ2n) is 5.48. The minimum absolute atomic E-state index is 0.257. The highest BCUT2D eigenvalue weighted by Gasteiger charge is 2.17. The Hall–Kier alpha value is -2.85. The molecule has 1 aromatic carbocycles. The Morgan fingerprint density at radius 2 is 2.37 bits per heavy atom. The van der Waals surface area contributed by atoms with Gasteiger partial charge >= 0.3 is 0 Å². The zero-order chi connectivity index (χ0) is 19.4. The molecule has 2 N–H and O–H groups in total. The van der Waals surface area contributed by atoms with Crippen LogP contribution in [0.4, 0.5) is 9.52 Å². The normalized spacial score (nSPS) is 10.6. The fourth-order valence-electron chi connectivity index (χ4n) is 2.31. The van der Waals surface area contributed by atoms with Gasteiger partial charge < -0.3 is 4.74 Å². The number of aromatic nitrogens is 4. The first-order valence-corrected chi connectivity index (χ1v) is 9.12. The summed E-state index contributed by atoms with van der Waals surface area (Å²) in [5, 5.41) is 10.1. The molecule has 0 aliphatic carbocycles. The van der Waals surface area contributed by atoms with E-state index in [2.05, 4.69) is 27.1 Å². The molecule has 2 aromatic heterocycles. The zero-order valence-electron chi connectivity index (χ0n) is 14.4. The third-order valence-corrected chi connectivity index (χ3v) is 4.86. The van der Waals surface area contributed by atoms with E-state index < -0.39 is 11.7 Å². The average Bonchev–Trinajstić information content (AvgIpc) is 3.16. The minimum Gasteiger partial charge on any atom is -0.484 e. The van der Waals surface area contributed by atoms with E-state index in [0.717, 1.165) is 4.88 Å². The molecule has 0 saturated carbocycles. The molecule has 0 radical (unpaired) electrons. The van der Waals surface area contributed by atoms with Crippen LogP contribution in [-0.2, 0) is 11.3 Å². The Kier molecular flexibility index (Phi) is 5.77. The van der Waals surface area contributed by atoms with Crippen molar-refractivity contribution in [2.75, 3.05) is 11.9 Å². The molecule has 140 valence electrons. The summed E-state index contributed by atoms with van der Waals surface area (Å²) in [5.74, 6) is 0.0816. The van der Waals surface area contributed by atoms with E-state index in [4.69, 9.17) is 17.0 Å². The van der Waals surface area contributed by atoms with Crippen LogP contribution in [0.3, 0.4) is 0 Å². The van der Waals surface area contributed by atoms with Gasteiger partial charge in [0.05, 0.1) is 10.6 Å². The topological polar surface area (TPSA) is 84.8 Å². The lowest BCUT2D eigenvalue weighted by Crippen LogP contribution is -2.20. The maximum Gasteiger partial charge on any atom is 0.264 e. The van der Waals surface area contributed by atoms with Crippen LogP contribution in [-0.4, -0.2) is 32.3 Å². The van der Waals surface area contributed by atoms with Gasteiger partial charge in [0.1, 0.15) is 11.6 Å². The number of amides is 1. The number of ether oxygens (including phenoxy) is 1. The maximum atomic E-state index is 13.1. The van der Waals surface area contributed by atoms with Gasteiger partial charge in [-0.2, -0.15) is 5.10 Å². The molecule has 3 rings (SSSR count). The van der Waals surface area contributed by atoms with E-state index in [1.807, 2.05) is 6.92 Å². The highest BCUT2D eigenvalue weighted by atomic mass is 32.1. The van der Waals surface area contributed by atoms with Gasteiger partial charge in [0.25, 0.3) is 5.91 Å². The smallest absolute Gasteiger partial charge is 0.264 e. The largest absolute Gasteiger partial charge is 0.484 e. The first-order valence-electron chi connectivity index (χ1n) is 7.90. The molecule has 0 saturated heterocycles. The molecule has 0 spiro atoms. The van der Waals surface area contributed by atoms with Crippen LogP contribution in [0.2, 0.25) is 0 Å². The number of allylic oxidation sites excluding steroid dienone is 1. The van der Waals surface area contributed by atoms with Crippen molar-refractivity contribution in [3.8, 4) is 16.5 Å². The molecule has 0 aliphatic rings. The fraction of sp³-hybridized carbons (Fsp3) is 0.176. The third-order valence-electron chi connectivity index (χ3n) is 3.48. The lowest BCUT2D eigenvalue weighted by Gasteiger charge is -2.05. The summed E-state index contributed by atoms with van der Waals surface area (Å²) in [7, 11) is 0. The predicted molar refractivity (Wildman–Crippen MR) is 104 cm³/mol. The van der Waals surface area contributed by atoms with Crippen molar-refractivity contribution >= 4 is 34.6 Å². The molecule has 27 heavy (non-hydrogen) atoms. The molecule has 0 atom stereocenters. The van der Waals surface area contributed by atoms with E-state index in [9.17, 15) is 9.18 Å². The van der Waals surface area contributed by atoms with Crippen LogP contribution in [0.25, 0.3) is 10.7 Å². The molecule has 7 nitrogen and oxygen atoms in total. The Morgan fingerprint density at radius 1 is 1.56 bits per heavy atom. The van der Waals surface area contributed by atoms with E-state index >= 15 is 0 Å². The first-order chi connectivity index (χ1) is 13.0. The van der Waals surface area contributed by atoms with Crippen LogP contribution < -0.4 is 10.1 Å². The number of anilines is 1. The van der Waals surface area contributed by atoms with Gasteiger partial charge in [-0.1, -0.05) is 23.5 Å². The number of carbonyl (C=O) groups is 1. The lowest BCUT2D eigenvalue weighted by atomic mass is 10.3. The Balaban J connectivity index is 1.70. The number of carbonyl (C=O) groups excluding carboxylic acids is 1. The van der Waals surface area contributed by atoms with Crippen LogP contribution in [0.15, 0.2) is 36.9 Å². The van der Waals surface area contributed by atoms with Gasteiger partial charge in [0.2, 0.25) is 0 Å². The second-order valence-corrected chi connectivity index (χ2v) is 6.87. The van der Waals surface area contributed by atoms with Gasteiger partial charge in [-0.15, -0.1) is 6.58 Å². The second kappa shape index (κ2) is 8.23. The van der Waals surface area contributed by atoms with E-state index in [1.54, 1.807) is 16.7 Å². The Labute approximate surface area is 163 Å². The minimum atomic E-state index is -0.430. The van der Waals surface area contributed by atoms with Gasteiger partial charge in [-0.05, 0) is 31.3 Å². The standard InChI is InChI=1S/C17H16FN5O2S2/c1-3-7-23-15(21-22-17(23)26)14-10(2)19-16(27-14)20-13(24)9-25-12-6-4-5-11(18)8-12/h3-6,8H,1,7,9H2,2H3,(H,22,26)(H,19,20,24). The SMILES string of the molecule is C=CCn1c(-c2sc(NC(=O)COc3cccc(F)c3)nc2C)n[nH]c1=S. The van der Waals surface area contributed by atoms with Gasteiger partial charge in [-0.25, -0.2) is 9.37 Å². The van der Waals surface area contributed by atoms with E-state index in [-0.39, 0.29) is 12.4 Å². The highest BCUT2D eigenvalue weighted by molar-refractivity contribution is 7.71. The van der Waals surface area contributed by atoms with Crippen molar-refractivity contribution < 1.29 is 13.9 Å². The van der Waals surface area contributed by atoms with Crippen molar-refractivity contribution in [2.45, 2.75) is 13.5 Å². The molecule has 0 bridgehead atoms. The van der Waals surface area contributed by atoms with Crippen molar-refractivity contribution in [3.63, 3.8) is 0 Å². The van der Waals surface area contributed by atoms with Crippen molar-refractivity contribution in [2.24, 2.45) is 0 Å². The number of H-pyrrole nitrogens is 1. The van der Waals surface area contributed by atoms with Crippen LogP contribution in [0, 0.1) is 17.5 Å². The number of nitrogens with one attached hydrogen (secondary N) is 2. The van der Waals surface area contributed by atoms with Crippen LogP contribution in [0.1, 0.15) is 5.69 Å². The van der Waals surface area contributed by atoms with Crippen molar-refractivity contribution in [1.29, 1.82) is 0 Å². The molecule has 1 amide bonds. The first kappa shape index (κ1) is 18.9. The summed E-state index contributed by atoms with van der Waals surface area (Å²) in [5.41, 5.74) is 0.709. The molecule has 0 fully saturated rings. The van der Waals surface area contributed by atoms with Gasteiger partial charge in [-0.3, -0.25) is 19.8 Å². The number of thiazole rings is 1. The molecule has 3 aromatic rings. The average molecular weight is 405 g/mol. The molecular weight excluding hydrogens is 389 g/mol. The lowest BCUT2D eigenvalue weighted by molar-refractivity contribution is -0.118. The van der Waals surface area contributed by atoms with Crippen LogP contribution in [0.5, 0.6) is 5.75 Å². The molecule has 10 heteroatoms. The summed E-state index contributed by atoms with van der Waals surface area (Å²) in [6.45, 7) is 5.78. The van der Waals surface area contributed by atoms with Gasteiger partial charge in [0.15, 0.2) is 22.3 Å². The third kappa shape index (κ3) is 4.47. The number of rotatable bonds is 7. The summed E-state index contributed by atoms with van der Waals surface area (Å²) < 4.78 is 20.7. The van der Waals surface area contributed by atoms with E-state index in [0.29, 0.717) is 28.0 Å². The van der Waals surface area contributed by atoms with Gasteiger partial charge in [0, 0.05) is 12.6 Å². The highest BCUT2D eigenvalue weighted by Crippen LogP contribution is 2.31. The number of hydrogen-bond donors (Lipinski definition) is 2. The fourth-order valence-corrected chi connectivity index (χ4v) is 3.50. The zero-order valence-corrected chi connectivity index (χ0v) is 16.0. The molecule has 2 heterocycles. The number of nitrogens with zero attached hydrogens (tertiary/aromatic N) is 3. The molecular formula is C17H16FN5O2S2. The number of aryl methyl sites for hydroxylation is 1. The number of aromatic amines is 1. The van der Waals surface area contributed by atoms with E-state index in [1.165, 1.54) is 29.5 Å². The van der Waals surface area contributed by atoms with Crippen molar-refractivity contribution in [1.82, 2.24) is 19.7 Å². The van der Waals surface area contributed by atoms with Crippen LogP contribution >= 0.6 is 23.6 Å². The summed E-state index contributed by atoms with van der Waals surface area (Å²) in [6.07, 6.45) is 1.72. The number of benzene rings is 1. The Bertz CT molecular complexity index is 1040. The predicted octanol–water partition coefficient (Wildman–Crippen LogP) is 3.72. The monoisotopic (exact) mass is 405 g/mol. The number of hydrogen-bond acceptors (Lipinski definition) is 6. The Morgan fingerprint density at radius 3 is 3.11 bits per heavy atom. The molecule has 0 aliphatic heterocycles.